The van der Waals surface area contributed by atoms with E-state index in [4.69, 9.17) is 9.26 Å². The van der Waals surface area contributed by atoms with Gasteiger partial charge in [0.05, 0.1) is 13.2 Å². The first-order valence-corrected chi connectivity index (χ1v) is 15.1. The van der Waals surface area contributed by atoms with Gasteiger partial charge in [-0.25, -0.2) is 9.78 Å². The molecule has 2 aliphatic rings. The Morgan fingerprint density at radius 1 is 1.20 bits per heavy atom. The number of alkyl carbamates (subject to hydrolysis) is 1. The van der Waals surface area contributed by atoms with Crippen LogP contribution in [0.1, 0.15) is 76.6 Å². The smallest absolute Gasteiger partial charge is 0.408 e. The maximum absolute atomic E-state index is 12.9. The van der Waals surface area contributed by atoms with Crippen LogP contribution in [0, 0.1) is 23.2 Å². The fourth-order valence-electron chi connectivity index (χ4n) is 5.98. The minimum absolute atomic E-state index is 0.198. The first-order chi connectivity index (χ1) is 20.9. The van der Waals surface area contributed by atoms with Crippen molar-refractivity contribution in [3.63, 3.8) is 0 Å². The van der Waals surface area contributed by atoms with Gasteiger partial charge in [0.25, 0.3) is 0 Å². The van der Waals surface area contributed by atoms with E-state index >= 15 is 0 Å². The van der Waals surface area contributed by atoms with Crippen LogP contribution in [-0.2, 0) is 16.1 Å². The van der Waals surface area contributed by atoms with Crippen molar-refractivity contribution < 1.29 is 29.1 Å². The number of benzene rings is 1. The van der Waals surface area contributed by atoms with Gasteiger partial charge in [0.15, 0.2) is 5.76 Å². The fourth-order valence-corrected chi connectivity index (χ4v) is 5.98. The van der Waals surface area contributed by atoms with Gasteiger partial charge < -0.3 is 34.3 Å². The Morgan fingerprint density at radius 3 is 2.55 bits per heavy atom. The molecule has 3 heterocycles. The molecule has 1 saturated carbocycles. The minimum atomic E-state index is -1.01. The molecule has 2 fully saturated rings. The van der Waals surface area contributed by atoms with E-state index in [0.717, 1.165) is 42.5 Å². The summed E-state index contributed by atoms with van der Waals surface area (Å²) in [7, 11) is 0. The number of aliphatic hydroxyl groups is 2. The number of imidazole rings is 1. The lowest BCUT2D eigenvalue weighted by Gasteiger charge is -2.51. The van der Waals surface area contributed by atoms with E-state index < -0.39 is 30.4 Å². The molecule has 2 atom stereocenters. The summed E-state index contributed by atoms with van der Waals surface area (Å²) in [6.45, 7) is 8.09. The number of nitrogens with one attached hydrogen (secondary N) is 1. The number of aliphatic hydroxyl groups excluding tert-OH is 2. The van der Waals surface area contributed by atoms with E-state index in [1.807, 2.05) is 34.9 Å². The number of hydrogen-bond donors (Lipinski definition) is 3. The van der Waals surface area contributed by atoms with Crippen molar-refractivity contribution in [1.29, 1.82) is 0 Å². The van der Waals surface area contributed by atoms with Gasteiger partial charge in [-0.1, -0.05) is 17.0 Å². The first-order valence-electron chi connectivity index (χ1n) is 15.1. The van der Waals surface area contributed by atoms with Crippen LogP contribution in [0.3, 0.4) is 0 Å². The largest absolute Gasteiger partial charge is 0.444 e. The van der Waals surface area contributed by atoms with Gasteiger partial charge in [-0.3, -0.25) is 4.79 Å². The van der Waals surface area contributed by atoms with Crippen molar-refractivity contribution >= 4 is 12.0 Å². The SMILES string of the molecule is C[C@H](O)c1nccn1Cc1cc(-c2ccc(C#CC3CC4(CCN(C(=O)[C@H](CO)NC(=O)OC(C)(C)C)CC4)C3)cc2)on1. The lowest BCUT2D eigenvalue weighted by atomic mass is 9.58. The second-order valence-electron chi connectivity index (χ2n) is 12.9. The molecule has 0 unspecified atom stereocenters. The highest BCUT2D eigenvalue weighted by Gasteiger charge is 2.46. The summed E-state index contributed by atoms with van der Waals surface area (Å²) >= 11 is 0. The molecule has 1 saturated heterocycles. The fraction of sp³-hybridized carbons (Fsp3) is 0.515. The van der Waals surface area contributed by atoms with Crippen molar-refractivity contribution in [3.05, 3.63) is 59.8 Å². The summed E-state index contributed by atoms with van der Waals surface area (Å²) in [5.41, 5.74) is 2.09. The Morgan fingerprint density at radius 2 is 1.91 bits per heavy atom. The third-order valence-corrected chi connectivity index (χ3v) is 8.27. The van der Waals surface area contributed by atoms with Gasteiger partial charge >= 0.3 is 6.09 Å². The molecule has 1 spiro atoms. The zero-order valence-electron chi connectivity index (χ0n) is 25.7. The molecular weight excluding hydrogens is 562 g/mol. The molecule has 0 radical (unpaired) electrons. The molecule has 1 aliphatic heterocycles. The van der Waals surface area contributed by atoms with E-state index in [1.54, 1.807) is 45.0 Å². The molecule has 5 rings (SSSR count). The topological polar surface area (TPSA) is 143 Å². The van der Waals surface area contributed by atoms with E-state index in [9.17, 15) is 19.8 Å². The molecule has 3 aromatic rings. The highest BCUT2D eigenvalue weighted by atomic mass is 16.6. The Balaban J connectivity index is 1.09. The lowest BCUT2D eigenvalue weighted by molar-refractivity contribution is -0.138. The second kappa shape index (κ2) is 12.8. The van der Waals surface area contributed by atoms with Crippen LogP contribution < -0.4 is 5.32 Å². The number of hydrogen-bond acceptors (Lipinski definition) is 8. The average molecular weight is 604 g/mol. The Kier molecular flexibility index (Phi) is 9.13. The first kappa shape index (κ1) is 31.3. The summed E-state index contributed by atoms with van der Waals surface area (Å²) in [6, 6.07) is 8.78. The highest BCUT2D eigenvalue weighted by Crippen LogP contribution is 2.52. The highest BCUT2D eigenvalue weighted by molar-refractivity contribution is 5.86. The summed E-state index contributed by atoms with van der Waals surface area (Å²) < 4.78 is 12.6. The summed E-state index contributed by atoms with van der Waals surface area (Å²) in [6.07, 6.45) is 5.87. The molecule has 1 aliphatic carbocycles. The molecule has 11 nitrogen and oxygen atoms in total. The molecule has 44 heavy (non-hydrogen) atoms. The lowest BCUT2D eigenvalue weighted by Crippen LogP contribution is -2.55. The maximum atomic E-state index is 12.9. The molecule has 1 aromatic carbocycles. The minimum Gasteiger partial charge on any atom is -0.444 e. The molecule has 0 bridgehead atoms. The van der Waals surface area contributed by atoms with Crippen LogP contribution in [-0.4, -0.2) is 73.2 Å². The molecule has 234 valence electrons. The van der Waals surface area contributed by atoms with Crippen molar-refractivity contribution in [2.45, 2.75) is 77.7 Å². The third kappa shape index (κ3) is 7.49. The molecule has 11 heteroatoms. The second-order valence-corrected chi connectivity index (χ2v) is 12.9. The Hall–Kier alpha value is -4.14. The third-order valence-electron chi connectivity index (χ3n) is 8.27. The van der Waals surface area contributed by atoms with Crippen LogP contribution >= 0.6 is 0 Å². The number of carbonyl (C=O) groups is 2. The van der Waals surface area contributed by atoms with E-state index in [1.165, 1.54) is 0 Å². The number of piperidine rings is 1. The number of aromatic nitrogens is 3. The van der Waals surface area contributed by atoms with Crippen molar-refractivity contribution in [1.82, 2.24) is 24.9 Å². The Bertz CT molecular complexity index is 1510. The van der Waals surface area contributed by atoms with Gasteiger partial charge in [0.1, 0.15) is 29.3 Å². The number of amides is 2. The summed E-state index contributed by atoms with van der Waals surface area (Å²) in [5, 5.41) is 26.2. The van der Waals surface area contributed by atoms with Crippen molar-refractivity contribution in [2.24, 2.45) is 11.3 Å². The van der Waals surface area contributed by atoms with E-state index in [0.29, 0.717) is 37.1 Å². The van der Waals surface area contributed by atoms with Gasteiger partial charge in [0.2, 0.25) is 5.91 Å². The standard InChI is InChI=1S/C33H41N5O6/c1-22(40)29-34-13-16-38(29)20-26-17-28(44-36-26)25-9-7-23(8-10-25)5-6-24-18-33(19-24)11-14-37(15-12-33)30(41)27(21-39)35-31(42)43-32(2,3)4/h7-10,13,16-17,22,24,27,39-40H,11-12,14-15,18-21H2,1-4H3,(H,35,42)/t22-,27-/m0/s1. The molecule has 2 aromatic heterocycles. The van der Waals surface area contributed by atoms with Gasteiger partial charge in [-0.2, -0.15) is 0 Å². The Labute approximate surface area is 257 Å². The number of nitrogens with zero attached hydrogens (tertiary/aromatic N) is 4. The van der Waals surface area contributed by atoms with Gasteiger partial charge in [-0.05, 0) is 83.1 Å². The maximum Gasteiger partial charge on any atom is 0.408 e. The molecule has 2 amide bonds. The number of likely N-dealkylation sites (tertiary alicyclic amines) is 1. The van der Waals surface area contributed by atoms with Crippen molar-refractivity contribution in [2.75, 3.05) is 19.7 Å². The zero-order chi connectivity index (χ0) is 31.5. The van der Waals surface area contributed by atoms with Gasteiger partial charge in [-0.15, -0.1) is 0 Å². The van der Waals surface area contributed by atoms with Gasteiger partial charge in [0, 0.05) is 48.6 Å². The normalized spacial score (nSPS) is 17.7. The summed E-state index contributed by atoms with van der Waals surface area (Å²) in [4.78, 5) is 30.9. The quantitative estimate of drug-likeness (QED) is 0.345. The molecule has 3 N–H and O–H groups in total. The predicted molar refractivity (Wildman–Crippen MR) is 162 cm³/mol. The number of carbonyl (C=O) groups excluding carboxylic acids is 2. The monoisotopic (exact) mass is 603 g/mol. The average Bonchev–Trinajstić information content (AvgIpc) is 3.63. The van der Waals surface area contributed by atoms with Crippen LogP contribution in [0.5, 0.6) is 0 Å². The van der Waals surface area contributed by atoms with Crippen molar-refractivity contribution in [3.8, 4) is 23.2 Å². The summed E-state index contributed by atoms with van der Waals surface area (Å²) in [5.74, 6) is 8.01. The zero-order valence-corrected chi connectivity index (χ0v) is 25.7. The van der Waals surface area contributed by atoms with Crippen LogP contribution in [0.25, 0.3) is 11.3 Å². The van der Waals surface area contributed by atoms with Crippen LogP contribution in [0.15, 0.2) is 47.2 Å². The van der Waals surface area contributed by atoms with Crippen LogP contribution in [0.2, 0.25) is 0 Å². The predicted octanol–water partition coefficient (Wildman–Crippen LogP) is 3.90. The number of rotatable bonds is 7. The molecular formula is C33H41N5O6. The van der Waals surface area contributed by atoms with Crippen LogP contribution in [0.4, 0.5) is 4.79 Å². The van der Waals surface area contributed by atoms with E-state index in [-0.39, 0.29) is 11.3 Å². The number of ether oxygens (including phenoxy) is 1. The van der Waals surface area contributed by atoms with E-state index in [2.05, 4.69) is 27.3 Å².